The topological polar surface area (TPSA) is 111 Å². The summed E-state index contributed by atoms with van der Waals surface area (Å²) in [5.41, 5.74) is 20.5. The van der Waals surface area contributed by atoms with Gasteiger partial charge in [-0.25, -0.2) is 15.0 Å². The number of anilines is 2. The highest BCUT2D eigenvalue weighted by atomic mass is 16.5. The molecule has 1 saturated carbocycles. The predicted octanol–water partition coefficient (Wildman–Crippen LogP) is 5.37. The van der Waals surface area contributed by atoms with E-state index in [-0.39, 0.29) is 5.54 Å². The minimum Gasteiger partial charge on any atom is -0.383 e. The lowest BCUT2D eigenvalue weighted by molar-refractivity contribution is 0.0115. The highest BCUT2D eigenvalue weighted by Gasteiger charge is 2.34. The van der Waals surface area contributed by atoms with E-state index in [0.717, 1.165) is 91.7 Å². The highest BCUT2D eigenvalue weighted by Crippen LogP contribution is 2.39. The molecule has 0 spiro atoms. The van der Waals surface area contributed by atoms with Gasteiger partial charge in [0.05, 0.1) is 24.5 Å². The first-order valence-electron chi connectivity index (χ1n) is 16.2. The van der Waals surface area contributed by atoms with Crippen molar-refractivity contribution in [1.82, 2.24) is 24.4 Å². The Labute approximate surface area is 263 Å². The smallest absolute Gasteiger partial charge is 0.165 e. The quantitative estimate of drug-likeness (QED) is 0.268. The molecule has 5 aromatic rings. The first kappa shape index (κ1) is 28.2. The number of nitrogens with zero attached hydrogens (tertiary/aromatic N) is 6. The first-order valence-corrected chi connectivity index (χ1v) is 16.2. The van der Waals surface area contributed by atoms with Crippen LogP contribution < -0.4 is 16.4 Å². The summed E-state index contributed by atoms with van der Waals surface area (Å²) in [6, 6.07) is 25.9. The van der Waals surface area contributed by atoms with Crippen molar-refractivity contribution in [2.75, 3.05) is 50.0 Å². The number of hydrogen-bond acceptors (Lipinski definition) is 8. The summed E-state index contributed by atoms with van der Waals surface area (Å²) in [5, 5.41) is 0. The van der Waals surface area contributed by atoms with Gasteiger partial charge in [-0.2, -0.15) is 0 Å². The van der Waals surface area contributed by atoms with Crippen molar-refractivity contribution in [3.8, 4) is 28.3 Å². The molecule has 9 heteroatoms. The second kappa shape index (κ2) is 11.6. The van der Waals surface area contributed by atoms with Crippen LogP contribution in [0.3, 0.4) is 0 Å². The molecule has 8 rings (SSSR count). The van der Waals surface area contributed by atoms with E-state index >= 15 is 0 Å². The minimum absolute atomic E-state index is 0.222. The van der Waals surface area contributed by atoms with Crippen molar-refractivity contribution in [3.05, 3.63) is 84.6 Å². The van der Waals surface area contributed by atoms with Crippen molar-refractivity contribution < 1.29 is 4.74 Å². The van der Waals surface area contributed by atoms with Crippen LogP contribution >= 0.6 is 0 Å². The molecule has 230 valence electrons. The van der Waals surface area contributed by atoms with Crippen LogP contribution in [-0.2, 0) is 10.3 Å². The van der Waals surface area contributed by atoms with E-state index < -0.39 is 0 Å². The van der Waals surface area contributed by atoms with Crippen LogP contribution in [0.2, 0.25) is 0 Å². The van der Waals surface area contributed by atoms with Crippen molar-refractivity contribution >= 4 is 22.7 Å². The average Bonchev–Trinajstić information content (AvgIpc) is 3.46. The number of fused-ring (bicyclic) bond motifs is 1. The first-order chi connectivity index (χ1) is 22.1. The van der Waals surface area contributed by atoms with Crippen molar-refractivity contribution in [3.63, 3.8) is 0 Å². The lowest BCUT2D eigenvalue weighted by Gasteiger charge is -2.40. The van der Waals surface area contributed by atoms with E-state index in [1.165, 1.54) is 30.5 Å². The molecular weight excluding hydrogens is 560 g/mol. The molecule has 1 aliphatic carbocycles. The molecule has 2 saturated heterocycles. The fourth-order valence-corrected chi connectivity index (χ4v) is 7.23. The van der Waals surface area contributed by atoms with Gasteiger partial charge in [-0.15, -0.1) is 0 Å². The zero-order valence-corrected chi connectivity index (χ0v) is 25.6. The van der Waals surface area contributed by atoms with Crippen LogP contribution in [0.4, 0.5) is 11.5 Å². The Morgan fingerprint density at radius 1 is 0.822 bits per heavy atom. The number of benzene rings is 2. The Bertz CT molecular complexity index is 1820. The molecule has 2 aliphatic heterocycles. The van der Waals surface area contributed by atoms with Gasteiger partial charge in [-0.05, 0) is 86.2 Å². The predicted molar refractivity (Wildman–Crippen MR) is 179 cm³/mol. The number of rotatable bonds is 6. The summed E-state index contributed by atoms with van der Waals surface area (Å²) in [6.07, 6.45) is 7.28. The maximum absolute atomic E-state index is 6.65. The molecule has 0 bridgehead atoms. The summed E-state index contributed by atoms with van der Waals surface area (Å²) in [7, 11) is 0. The molecule has 0 radical (unpaired) electrons. The Morgan fingerprint density at radius 2 is 1.62 bits per heavy atom. The van der Waals surface area contributed by atoms with Crippen LogP contribution in [0.15, 0.2) is 79.0 Å². The summed E-state index contributed by atoms with van der Waals surface area (Å²) in [4.78, 5) is 19.7. The van der Waals surface area contributed by atoms with Gasteiger partial charge in [0.1, 0.15) is 11.3 Å². The third-order valence-electron chi connectivity index (χ3n) is 10.1. The zero-order valence-electron chi connectivity index (χ0n) is 25.6. The van der Waals surface area contributed by atoms with Crippen LogP contribution in [0.25, 0.3) is 39.5 Å². The number of pyridine rings is 2. The highest BCUT2D eigenvalue weighted by molar-refractivity contribution is 5.84. The Balaban J connectivity index is 1.14. The number of piperidine rings is 1. The Hall–Kier alpha value is -4.31. The average molecular weight is 601 g/mol. The summed E-state index contributed by atoms with van der Waals surface area (Å²) < 4.78 is 7.67. The van der Waals surface area contributed by atoms with Gasteiger partial charge < -0.3 is 21.1 Å². The van der Waals surface area contributed by atoms with Gasteiger partial charge in [0.25, 0.3) is 0 Å². The molecule has 5 heterocycles. The van der Waals surface area contributed by atoms with E-state index in [1.54, 1.807) is 6.20 Å². The van der Waals surface area contributed by atoms with Gasteiger partial charge in [-0.1, -0.05) is 24.3 Å². The molecule has 0 unspecified atom stereocenters. The van der Waals surface area contributed by atoms with Crippen molar-refractivity contribution in [1.29, 1.82) is 0 Å². The van der Waals surface area contributed by atoms with Gasteiger partial charge >= 0.3 is 0 Å². The van der Waals surface area contributed by atoms with Crippen LogP contribution in [0.5, 0.6) is 0 Å². The summed E-state index contributed by atoms with van der Waals surface area (Å²) in [6.45, 7) is 5.93. The number of ether oxygens (including phenoxy) is 1. The molecule has 0 atom stereocenters. The molecule has 2 aromatic carbocycles. The number of nitrogen functional groups attached to an aromatic ring is 1. The largest absolute Gasteiger partial charge is 0.383 e. The molecule has 3 aromatic heterocycles. The SMILES string of the molecule is Nc1ncccc1-c1nc2ccc(-c3cccc(N4CCC(N5CCOCC5)CC4)c3)nc2n1-c1ccc(C2(N)CCC2)cc1. The van der Waals surface area contributed by atoms with E-state index in [9.17, 15) is 0 Å². The third-order valence-corrected chi connectivity index (χ3v) is 10.1. The van der Waals surface area contributed by atoms with Crippen LogP contribution in [0, 0.1) is 0 Å². The number of imidazole rings is 1. The number of morpholine rings is 1. The lowest BCUT2D eigenvalue weighted by Crippen LogP contribution is -2.49. The number of hydrogen-bond donors (Lipinski definition) is 2. The molecule has 4 N–H and O–H groups in total. The van der Waals surface area contributed by atoms with Crippen molar-refractivity contribution in [2.24, 2.45) is 5.73 Å². The molecule has 45 heavy (non-hydrogen) atoms. The molecule has 3 fully saturated rings. The maximum atomic E-state index is 6.65. The van der Waals surface area contributed by atoms with Crippen molar-refractivity contribution in [2.45, 2.75) is 43.7 Å². The van der Waals surface area contributed by atoms with Crippen LogP contribution in [0.1, 0.15) is 37.7 Å². The summed E-state index contributed by atoms with van der Waals surface area (Å²) >= 11 is 0. The number of aromatic nitrogens is 4. The molecular formula is C36H40N8O. The molecule has 3 aliphatic rings. The van der Waals surface area contributed by atoms with Gasteiger partial charge in [-0.3, -0.25) is 9.47 Å². The van der Waals surface area contributed by atoms with Gasteiger partial charge in [0.2, 0.25) is 0 Å². The Morgan fingerprint density at radius 3 is 2.36 bits per heavy atom. The normalized spacial score (nSPS) is 19.1. The Kier molecular flexibility index (Phi) is 7.24. The standard InChI is InChI=1S/C36H40N8O/c37-33-30(6-2-17-39-33)34-41-32-12-11-31(40-35(32)44(34)28-9-7-26(8-10-28)36(38)15-3-16-36)25-4-1-5-29(24-25)42-18-13-27(14-19-42)43-20-22-45-23-21-43/h1-2,4-12,17,24,27H,3,13-16,18-23,38H2,(H2,37,39). The number of nitrogens with two attached hydrogens (primary N) is 2. The van der Waals surface area contributed by atoms with E-state index in [1.807, 2.05) is 12.1 Å². The molecule has 0 amide bonds. The molecule has 9 nitrogen and oxygen atoms in total. The fourth-order valence-electron chi connectivity index (χ4n) is 7.23. The van der Waals surface area contributed by atoms with E-state index in [2.05, 4.69) is 80.0 Å². The van der Waals surface area contributed by atoms with E-state index in [0.29, 0.717) is 11.9 Å². The second-order valence-corrected chi connectivity index (χ2v) is 12.7. The lowest BCUT2D eigenvalue weighted by atomic mass is 9.73. The zero-order chi connectivity index (χ0) is 30.4. The maximum Gasteiger partial charge on any atom is 0.165 e. The van der Waals surface area contributed by atoms with Gasteiger partial charge in [0, 0.05) is 60.9 Å². The minimum atomic E-state index is -0.222. The third kappa shape index (κ3) is 5.24. The summed E-state index contributed by atoms with van der Waals surface area (Å²) in [5.74, 6) is 1.15. The van der Waals surface area contributed by atoms with Crippen LogP contribution in [-0.4, -0.2) is 69.9 Å². The van der Waals surface area contributed by atoms with Gasteiger partial charge in [0.15, 0.2) is 11.5 Å². The second-order valence-electron chi connectivity index (χ2n) is 12.7. The van der Waals surface area contributed by atoms with E-state index in [4.69, 9.17) is 26.2 Å². The fraction of sp³-hybridized carbons (Fsp3) is 0.361. The monoisotopic (exact) mass is 600 g/mol.